The van der Waals surface area contributed by atoms with Crippen LogP contribution >= 0.6 is 12.2 Å². The van der Waals surface area contributed by atoms with E-state index in [0.717, 1.165) is 11.1 Å². The van der Waals surface area contributed by atoms with Crippen molar-refractivity contribution in [3.8, 4) is 0 Å². The Morgan fingerprint density at radius 1 is 1.50 bits per heavy atom. The quantitative estimate of drug-likeness (QED) is 0.768. The molecule has 0 saturated heterocycles. The van der Waals surface area contributed by atoms with Gasteiger partial charge in [-0.05, 0) is 25.1 Å². The maximum Gasteiger partial charge on any atom is 0.304 e. The molecule has 1 aromatic rings. The highest BCUT2D eigenvalue weighted by Gasteiger charge is 2.21. The fourth-order valence-electron chi connectivity index (χ4n) is 1.90. The molecule has 1 unspecified atom stereocenters. The summed E-state index contributed by atoms with van der Waals surface area (Å²) in [7, 11) is 1.83. The first-order chi connectivity index (χ1) is 8.43. The highest BCUT2D eigenvalue weighted by Crippen LogP contribution is 2.23. The van der Waals surface area contributed by atoms with Crippen LogP contribution in [0.1, 0.15) is 23.6 Å². The van der Waals surface area contributed by atoms with Crippen molar-refractivity contribution in [1.29, 1.82) is 0 Å². The highest BCUT2D eigenvalue weighted by atomic mass is 32.1. The Hall–Kier alpha value is -1.46. The van der Waals surface area contributed by atoms with Gasteiger partial charge in [0.15, 0.2) is 0 Å². The molecule has 0 aliphatic carbocycles. The molecule has 0 aliphatic heterocycles. The van der Waals surface area contributed by atoms with Crippen LogP contribution in [0.25, 0.3) is 0 Å². The van der Waals surface area contributed by atoms with E-state index in [1.165, 1.54) is 0 Å². The second-order valence-electron chi connectivity index (χ2n) is 4.29. The summed E-state index contributed by atoms with van der Waals surface area (Å²) in [6.45, 7) is 2.40. The third-order valence-corrected chi connectivity index (χ3v) is 3.09. The topological polar surface area (TPSA) is 66.6 Å². The van der Waals surface area contributed by atoms with Gasteiger partial charge in [0, 0.05) is 6.54 Å². The minimum absolute atomic E-state index is 0.0709. The van der Waals surface area contributed by atoms with Crippen LogP contribution < -0.4 is 5.73 Å². The molecule has 0 spiro atoms. The van der Waals surface area contributed by atoms with E-state index in [9.17, 15) is 4.79 Å². The van der Waals surface area contributed by atoms with Crippen LogP contribution in [-0.2, 0) is 4.79 Å². The summed E-state index contributed by atoms with van der Waals surface area (Å²) in [5.41, 5.74) is 7.91. The zero-order valence-corrected chi connectivity index (χ0v) is 11.4. The number of likely N-dealkylation sites (N-methyl/N-ethyl adjacent to an activating group) is 1. The summed E-state index contributed by atoms with van der Waals surface area (Å²) in [6, 6.07) is 7.62. The Bertz CT molecular complexity index is 448. The first-order valence-electron chi connectivity index (χ1n) is 5.70. The zero-order chi connectivity index (χ0) is 13.7. The summed E-state index contributed by atoms with van der Waals surface area (Å²) in [5, 5.41) is 8.72. The van der Waals surface area contributed by atoms with Gasteiger partial charge in [-0.15, -0.1) is 0 Å². The van der Waals surface area contributed by atoms with Gasteiger partial charge in [-0.25, -0.2) is 0 Å². The van der Waals surface area contributed by atoms with Gasteiger partial charge in [0.2, 0.25) is 0 Å². The van der Waals surface area contributed by atoms with Crippen LogP contribution in [0.5, 0.6) is 0 Å². The van der Waals surface area contributed by atoms with Crippen LogP contribution in [0.15, 0.2) is 24.3 Å². The average molecular weight is 266 g/mol. The van der Waals surface area contributed by atoms with E-state index in [1.807, 2.05) is 43.1 Å². The van der Waals surface area contributed by atoms with Gasteiger partial charge in [-0.2, -0.15) is 0 Å². The smallest absolute Gasteiger partial charge is 0.304 e. The molecule has 0 radical (unpaired) electrons. The predicted octanol–water partition coefficient (Wildman–Crippen LogP) is 1.73. The lowest BCUT2D eigenvalue weighted by molar-refractivity contribution is -0.137. The van der Waals surface area contributed by atoms with Gasteiger partial charge >= 0.3 is 5.97 Å². The lowest BCUT2D eigenvalue weighted by Gasteiger charge is -2.28. The number of thiocarbonyl (C=S) groups is 1. The van der Waals surface area contributed by atoms with E-state index in [1.54, 1.807) is 0 Å². The van der Waals surface area contributed by atoms with Gasteiger partial charge in [-0.1, -0.05) is 36.5 Å². The summed E-state index contributed by atoms with van der Waals surface area (Å²) < 4.78 is 0. The number of hydrogen-bond donors (Lipinski definition) is 2. The average Bonchev–Trinajstić information content (AvgIpc) is 2.29. The van der Waals surface area contributed by atoms with E-state index >= 15 is 0 Å². The molecular weight excluding hydrogens is 248 g/mol. The van der Waals surface area contributed by atoms with Gasteiger partial charge in [0.05, 0.1) is 17.5 Å². The lowest BCUT2D eigenvalue weighted by Crippen LogP contribution is -2.35. The summed E-state index contributed by atoms with van der Waals surface area (Å²) in [4.78, 5) is 12.8. The normalized spacial score (nSPS) is 12.4. The Labute approximate surface area is 112 Å². The molecule has 1 rings (SSSR count). The van der Waals surface area contributed by atoms with E-state index in [0.29, 0.717) is 11.5 Å². The molecule has 0 aliphatic rings. The molecule has 18 heavy (non-hydrogen) atoms. The lowest BCUT2D eigenvalue weighted by atomic mass is 10.00. The molecule has 1 aromatic carbocycles. The van der Waals surface area contributed by atoms with Crippen LogP contribution in [0.4, 0.5) is 0 Å². The van der Waals surface area contributed by atoms with Crippen molar-refractivity contribution in [1.82, 2.24) is 4.90 Å². The molecule has 0 aromatic heterocycles. The number of aryl methyl sites for hydroxylation is 1. The van der Waals surface area contributed by atoms with E-state index in [2.05, 4.69) is 0 Å². The third-order valence-electron chi connectivity index (χ3n) is 2.87. The second kappa shape index (κ2) is 6.47. The van der Waals surface area contributed by atoms with E-state index in [4.69, 9.17) is 23.1 Å². The first kappa shape index (κ1) is 14.6. The van der Waals surface area contributed by atoms with Crippen LogP contribution in [0.2, 0.25) is 0 Å². The fraction of sp³-hybridized carbons (Fsp3) is 0.385. The molecule has 3 N–H and O–H groups in total. The number of nitrogens with zero attached hydrogens (tertiary/aromatic N) is 1. The highest BCUT2D eigenvalue weighted by molar-refractivity contribution is 7.80. The minimum Gasteiger partial charge on any atom is -0.481 e. The zero-order valence-electron chi connectivity index (χ0n) is 10.6. The van der Waals surface area contributed by atoms with Crippen LogP contribution in [0.3, 0.4) is 0 Å². The van der Waals surface area contributed by atoms with Gasteiger partial charge < -0.3 is 10.8 Å². The van der Waals surface area contributed by atoms with Crippen molar-refractivity contribution < 1.29 is 9.90 Å². The predicted molar refractivity (Wildman–Crippen MR) is 75.6 cm³/mol. The molecule has 0 bridgehead atoms. The SMILES string of the molecule is Cc1ccccc1C(C(N)=S)N(C)CCC(=O)O. The minimum atomic E-state index is -0.826. The Kier molecular flexibility index (Phi) is 5.25. The van der Waals surface area contributed by atoms with E-state index in [-0.39, 0.29) is 12.5 Å². The van der Waals surface area contributed by atoms with Crippen molar-refractivity contribution >= 4 is 23.2 Å². The standard InChI is InChI=1S/C13H18N2O2S/c1-9-5-3-4-6-10(9)12(13(14)18)15(2)8-7-11(16)17/h3-6,12H,7-8H2,1-2H3,(H2,14,18)(H,16,17). The van der Waals surface area contributed by atoms with E-state index < -0.39 is 5.97 Å². The largest absolute Gasteiger partial charge is 0.481 e. The number of carboxylic acid groups (broad SMARTS) is 1. The number of aliphatic carboxylic acids is 1. The Morgan fingerprint density at radius 2 is 2.11 bits per heavy atom. The molecule has 0 amide bonds. The van der Waals surface area contributed by atoms with Crippen molar-refractivity contribution in [2.75, 3.05) is 13.6 Å². The van der Waals surface area contributed by atoms with Crippen LogP contribution in [-0.4, -0.2) is 34.6 Å². The number of carboxylic acids is 1. The number of carbonyl (C=O) groups is 1. The molecular formula is C13H18N2O2S. The van der Waals surface area contributed by atoms with Crippen molar-refractivity contribution in [2.45, 2.75) is 19.4 Å². The molecule has 0 saturated carbocycles. The van der Waals surface area contributed by atoms with Gasteiger partial charge in [-0.3, -0.25) is 9.69 Å². The third kappa shape index (κ3) is 3.78. The Morgan fingerprint density at radius 3 is 2.61 bits per heavy atom. The van der Waals surface area contributed by atoms with Crippen molar-refractivity contribution in [3.05, 3.63) is 35.4 Å². The molecule has 98 valence electrons. The number of benzene rings is 1. The van der Waals surface area contributed by atoms with Crippen LogP contribution in [0, 0.1) is 6.92 Å². The molecule has 1 atom stereocenters. The molecule has 5 heteroatoms. The number of nitrogens with two attached hydrogens (primary N) is 1. The molecule has 4 nitrogen and oxygen atoms in total. The van der Waals surface area contributed by atoms with Gasteiger partial charge in [0.1, 0.15) is 0 Å². The van der Waals surface area contributed by atoms with Crippen molar-refractivity contribution in [3.63, 3.8) is 0 Å². The van der Waals surface area contributed by atoms with Gasteiger partial charge in [0.25, 0.3) is 0 Å². The monoisotopic (exact) mass is 266 g/mol. The summed E-state index contributed by atoms with van der Waals surface area (Å²) >= 11 is 5.10. The number of hydrogen-bond acceptors (Lipinski definition) is 3. The summed E-state index contributed by atoms with van der Waals surface area (Å²) in [6.07, 6.45) is 0.0709. The second-order valence-corrected chi connectivity index (χ2v) is 4.76. The maximum absolute atomic E-state index is 10.6. The maximum atomic E-state index is 10.6. The summed E-state index contributed by atoms with van der Waals surface area (Å²) in [5.74, 6) is -0.826. The van der Waals surface area contributed by atoms with Crippen molar-refractivity contribution in [2.24, 2.45) is 5.73 Å². The number of rotatable bonds is 6. The first-order valence-corrected chi connectivity index (χ1v) is 6.11. The molecule has 0 heterocycles. The fourth-order valence-corrected chi connectivity index (χ4v) is 2.21. The Balaban J connectivity index is 2.93. The molecule has 0 fully saturated rings.